The monoisotopic (exact) mass is 303 g/mol. The molecule has 0 bridgehead atoms. The van der Waals surface area contributed by atoms with Gasteiger partial charge in [-0.2, -0.15) is 0 Å². The van der Waals surface area contributed by atoms with Crippen LogP contribution in [0.5, 0.6) is 5.75 Å². The number of rotatable bonds is 4. The van der Waals surface area contributed by atoms with Crippen LogP contribution in [0.15, 0.2) is 24.3 Å². The van der Waals surface area contributed by atoms with Gasteiger partial charge in [-0.15, -0.1) is 0 Å². The average molecular weight is 303 g/mol. The van der Waals surface area contributed by atoms with Crippen molar-refractivity contribution in [2.24, 2.45) is 0 Å². The van der Waals surface area contributed by atoms with Crippen LogP contribution in [0.3, 0.4) is 0 Å². The maximum atomic E-state index is 12.8. The summed E-state index contributed by atoms with van der Waals surface area (Å²) in [6.07, 6.45) is 2.89. The minimum Gasteiger partial charge on any atom is -0.496 e. The number of nitrogens with zero attached hydrogens (tertiary/aromatic N) is 1. The first-order valence-electron chi connectivity index (χ1n) is 8.16. The molecule has 2 aliphatic rings. The highest BCUT2D eigenvalue weighted by molar-refractivity contribution is 5.77. The summed E-state index contributed by atoms with van der Waals surface area (Å²) in [5.41, 5.74) is 1.09. The average Bonchev–Trinajstić information content (AvgIpc) is 3.07. The van der Waals surface area contributed by atoms with E-state index in [0.29, 0.717) is 12.5 Å². The number of ether oxygens (including phenoxy) is 1. The van der Waals surface area contributed by atoms with E-state index in [-0.39, 0.29) is 11.9 Å². The molecule has 1 amide bonds. The Bertz CT molecular complexity index is 514. The van der Waals surface area contributed by atoms with Crippen molar-refractivity contribution < 1.29 is 9.53 Å². The molecule has 0 aliphatic carbocycles. The van der Waals surface area contributed by atoms with E-state index in [1.54, 1.807) is 7.11 Å². The van der Waals surface area contributed by atoms with Gasteiger partial charge in [-0.1, -0.05) is 18.2 Å². The number of methoxy groups -OCH3 is 1. The topological polar surface area (TPSA) is 53.6 Å². The van der Waals surface area contributed by atoms with Crippen LogP contribution in [-0.4, -0.2) is 50.1 Å². The zero-order chi connectivity index (χ0) is 15.4. The molecule has 2 aliphatic heterocycles. The van der Waals surface area contributed by atoms with E-state index in [9.17, 15) is 4.79 Å². The van der Waals surface area contributed by atoms with Gasteiger partial charge in [0, 0.05) is 37.7 Å². The number of carbonyl (C=O) groups is 1. The Kier molecular flexibility index (Phi) is 4.95. The summed E-state index contributed by atoms with van der Waals surface area (Å²) in [6.45, 7) is 3.43. The number of benzene rings is 1. The molecule has 2 fully saturated rings. The number of hydrogen-bond acceptors (Lipinski definition) is 4. The van der Waals surface area contributed by atoms with Gasteiger partial charge in [0.1, 0.15) is 5.75 Å². The van der Waals surface area contributed by atoms with E-state index in [1.807, 2.05) is 23.1 Å². The summed E-state index contributed by atoms with van der Waals surface area (Å²) in [4.78, 5) is 14.8. The number of amides is 1. The SMILES string of the molecule is COc1ccccc1C1CNCCN1C(=O)CC1CCCN1. The lowest BCUT2D eigenvalue weighted by Crippen LogP contribution is -2.49. The first-order chi connectivity index (χ1) is 10.8. The summed E-state index contributed by atoms with van der Waals surface area (Å²) in [6, 6.07) is 8.40. The van der Waals surface area contributed by atoms with Crippen molar-refractivity contribution in [2.75, 3.05) is 33.3 Å². The minimum absolute atomic E-state index is 0.0544. The number of nitrogens with one attached hydrogen (secondary N) is 2. The molecule has 1 aromatic carbocycles. The normalized spacial score (nSPS) is 25.2. The standard InChI is InChI=1S/C17H25N3O2/c1-22-16-7-3-2-6-14(16)15-12-18-9-10-20(15)17(21)11-13-5-4-8-19-13/h2-3,6-7,13,15,18-19H,4-5,8-12H2,1H3. The molecule has 0 spiro atoms. The third-order valence-electron chi connectivity index (χ3n) is 4.65. The summed E-state index contributed by atoms with van der Waals surface area (Å²) < 4.78 is 5.48. The Morgan fingerprint density at radius 1 is 1.36 bits per heavy atom. The molecule has 1 aromatic rings. The summed E-state index contributed by atoms with van der Waals surface area (Å²) >= 11 is 0. The molecule has 2 atom stereocenters. The van der Waals surface area contributed by atoms with E-state index in [2.05, 4.69) is 16.7 Å². The lowest BCUT2D eigenvalue weighted by atomic mass is 10.0. The van der Waals surface area contributed by atoms with E-state index in [0.717, 1.165) is 43.9 Å². The molecule has 3 rings (SSSR count). The first-order valence-corrected chi connectivity index (χ1v) is 8.16. The third-order valence-corrected chi connectivity index (χ3v) is 4.65. The predicted molar refractivity (Wildman–Crippen MR) is 86.0 cm³/mol. The van der Waals surface area contributed by atoms with Crippen molar-refractivity contribution in [3.05, 3.63) is 29.8 Å². The molecule has 120 valence electrons. The van der Waals surface area contributed by atoms with Crippen LogP contribution in [-0.2, 0) is 4.79 Å². The van der Waals surface area contributed by atoms with Gasteiger partial charge in [0.15, 0.2) is 0 Å². The fourth-order valence-corrected chi connectivity index (χ4v) is 3.48. The molecule has 0 saturated carbocycles. The van der Waals surface area contributed by atoms with Gasteiger partial charge in [-0.3, -0.25) is 4.79 Å². The summed E-state index contributed by atoms with van der Waals surface area (Å²) in [5.74, 6) is 1.10. The molecule has 0 aromatic heterocycles. The third kappa shape index (κ3) is 3.25. The highest BCUT2D eigenvalue weighted by Crippen LogP contribution is 2.30. The Labute approximate surface area is 132 Å². The highest BCUT2D eigenvalue weighted by atomic mass is 16.5. The zero-order valence-electron chi connectivity index (χ0n) is 13.2. The van der Waals surface area contributed by atoms with Crippen LogP contribution >= 0.6 is 0 Å². The van der Waals surface area contributed by atoms with Crippen molar-refractivity contribution in [1.82, 2.24) is 15.5 Å². The van der Waals surface area contributed by atoms with Gasteiger partial charge >= 0.3 is 0 Å². The second-order valence-electron chi connectivity index (χ2n) is 6.05. The first kappa shape index (κ1) is 15.3. The van der Waals surface area contributed by atoms with Gasteiger partial charge < -0.3 is 20.3 Å². The predicted octanol–water partition coefficient (Wildman–Crippen LogP) is 1.31. The van der Waals surface area contributed by atoms with Crippen molar-refractivity contribution in [3.8, 4) is 5.75 Å². The van der Waals surface area contributed by atoms with Crippen LogP contribution in [0.4, 0.5) is 0 Å². The van der Waals surface area contributed by atoms with Crippen LogP contribution in [0.25, 0.3) is 0 Å². The van der Waals surface area contributed by atoms with Crippen molar-refractivity contribution in [3.63, 3.8) is 0 Å². The zero-order valence-corrected chi connectivity index (χ0v) is 13.2. The minimum atomic E-state index is 0.0544. The fraction of sp³-hybridized carbons (Fsp3) is 0.588. The van der Waals surface area contributed by atoms with E-state index in [4.69, 9.17) is 4.74 Å². The van der Waals surface area contributed by atoms with Gasteiger partial charge in [-0.25, -0.2) is 0 Å². The molecule has 22 heavy (non-hydrogen) atoms. The van der Waals surface area contributed by atoms with Crippen molar-refractivity contribution in [2.45, 2.75) is 31.3 Å². The molecule has 0 radical (unpaired) electrons. The van der Waals surface area contributed by atoms with Crippen LogP contribution in [0, 0.1) is 0 Å². The van der Waals surface area contributed by atoms with Crippen molar-refractivity contribution >= 4 is 5.91 Å². The Balaban J connectivity index is 1.76. The largest absolute Gasteiger partial charge is 0.496 e. The maximum absolute atomic E-state index is 12.8. The fourth-order valence-electron chi connectivity index (χ4n) is 3.48. The molecule has 2 saturated heterocycles. The number of para-hydroxylation sites is 1. The molecular formula is C17H25N3O2. The molecule has 2 N–H and O–H groups in total. The number of piperazine rings is 1. The Morgan fingerprint density at radius 3 is 3.00 bits per heavy atom. The quantitative estimate of drug-likeness (QED) is 0.880. The van der Waals surface area contributed by atoms with Crippen LogP contribution in [0.1, 0.15) is 30.9 Å². The van der Waals surface area contributed by atoms with Gasteiger partial charge in [0.2, 0.25) is 5.91 Å². The second-order valence-corrected chi connectivity index (χ2v) is 6.05. The highest BCUT2D eigenvalue weighted by Gasteiger charge is 2.31. The van der Waals surface area contributed by atoms with Crippen molar-refractivity contribution in [1.29, 1.82) is 0 Å². The lowest BCUT2D eigenvalue weighted by Gasteiger charge is -2.37. The summed E-state index contributed by atoms with van der Waals surface area (Å²) in [5, 5.41) is 6.81. The van der Waals surface area contributed by atoms with E-state index < -0.39 is 0 Å². The van der Waals surface area contributed by atoms with Gasteiger partial charge in [0.25, 0.3) is 0 Å². The maximum Gasteiger partial charge on any atom is 0.224 e. The summed E-state index contributed by atoms with van der Waals surface area (Å²) in [7, 11) is 1.68. The molecule has 5 nitrogen and oxygen atoms in total. The van der Waals surface area contributed by atoms with Gasteiger partial charge in [0.05, 0.1) is 13.2 Å². The van der Waals surface area contributed by atoms with Crippen LogP contribution in [0.2, 0.25) is 0 Å². The van der Waals surface area contributed by atoms with E-state index >= 15 is 0 Å². The van der Waals surface area contributed by atoms with E-state index in [1.165, 1.54) is 6.42 Å². The van der Waals surface area contributed by atoms with Crippen LogP contribution < -0.4 is 15.4 Å². The van der Waals surface area contributed by atoms with Gasteiger partial charge in [-0.05, 0) is 25.5 Å². The number of hydrogen-bond donors (Lipinski definition) is 2. The molecule has 2 heterocycles. The molecule has 5 heteroatoms. The molecule has 2 unspecified atom stereocenters. The molecular weight excluding hydrogens is 278 g/mol. The Hall–Kier alpha value is -1.59. The second kappa shape index (κ2) is 7.11. The number of carbonyl (C=O) groups excluding carboxylic acids is 1. The lowest BCUT2D eigenvalue weighted by molar-refractivity contribution is -0.135. The smallest absolute Gasteiger partial charge is 0.224 e. The Morgan fingerprint density at radius 2 is 2.23 bits per heavy atom.